The van der Waals surface area contributed by atoms with Crippen LogP contribution in [0.2, 0.25) is 0 Å². The smallest absolute Gasteiger partial charge is 0.268 e. The number of likely N-dealkylation sites (tertiary alicyclic amines) is 2. The lowest BCUT2D eigenvalue weighted by molar-refractivity contribution is 0.0708. The number of carbonyl (C=O) groups is 1. The molecule has 3 aliphatic rings. The van der Waals surface area contributed by atoms with Crippen LogP contribution in [0.5, 0.6) is 0 Å². The molecule has 0 aliphatic carbocycles. The van der Waals surface area contributed by atoms with Crippen molar-refractivity contribution in [2.45, 2.75) is 43.5 Å². The van der Waals surface area contributed by atoms with Gasteiger partial charge in [0.25, 0.3) is 15.9 Å². The molecule has 2 aromatic carbocycles. The topological polar surface area (TPSA) is 85.3 Å². The summed E-state index contributed by atoms with van der Waals surface area (Å²) in [7, 11) is -4.47. The third kappa shape index (κ3) is 6.06. The molecule has 0 radical (unpaired) electrons. The van der Waals surface area contributed by atoms with Gasteiger partial charge in [0.2, 0.25) is 0 Å². The second kappa shape index (κ2) is 12.1. The number of nitrogens with zero attached hydrogens (tertiary/aromatic N) is 4. The molecular weight excluding hydrogens is 548 g/mol. The Hall–Kier alpha value is -3.57. The van der Waals surface area contributed by atoms with Gasteiger partial charge < -0.3 is 15.1 Å². The lowest BCUT2D eigenvalue weighted by Gasteiger charge is -2.32. The number of hydrogen-bond acceptors (Lipinski definition) is 6. The van der Waals surface area contributed by atoms with Crippen LogP contribution in [0.25, 0.3) is 5.70 Å². The fourth-order valence-corrected chi connectivity index (χ4v) is 7.23. The second-order valence-corrected chi connectivity index (χ2v) is 12.4. The molecule has 8 nitrogen and oxygen atoms in total. The van der Waals surface area contributed by atoms with E-state index in [1.165, 1.54) is 12.8 Å². The molecule has 0 saturated carbocycles. The zero-order valence-corrected chi connectivity index (χ0v) is 24.0. The highest BCUT2D eigenvalue weighted by Gasteiger charge is 2.35. The monoisotopic (exact) mass is 583 g/mol. The normalized spacial score (nSPS) is 21.5. The standard InChI is InChI=1S/C30H35F2N5O3S/c1-3-27(34-29-21(2)33-14-18-37(29)41(39,40)28-19-24(31)12-13-26(28)32)22-8-10-23(11-9-22)30(38)36-17-6-7-25(36)20-35-15-4-5-16-35/h3,8-13,19,25,33H,2,4-7,14-18,20H2,1H3/b27-3-,34-29?. The summed E-state index contributed by atoms with van der Waals surface area (Å²) in [5.41, 5.74) is 1.93. The molecule has 1 N–H and O–H groups in total. The Morgan fingerprint density at radius 1 is 1.05 bits per heavy atom. The van der Waals surface area contributed by atoms with Gasteiger partial charge in [-0.3, -0.25) is 4.79 Å². The number of sulfonamides is 1. The summed E-state index contributed by atoms with van der Waals surface area (Å²) >= 11 is 0. The molecule has 0 aromatic heterocycles. The van der Waals surface area contributed by atoms with E-state index in [4.69, 9.17) is 0 Å². The fourth-order valence-electron chi connectivity index (χ4n) is 5.71. The maximum Gasteiger partial charge on any atom is 0.268 e. The van der Waals surface area contributed by atoms with Gasteiger partial charge in [0.15, 0.2) is 5.84 Å². The van der Waals surface area contributed by atoms with Gasteiger partial charge in [-0.25, -0.2) is 26.5 Å². The van der Waals surface area contributed by atoms with Crippen LogP contribution in [0.1, 0.15) is 48.5 Å². The predicted molar refractivity (Wildman–Crippen MR) is 155 cm³/mol. The van der Waals surface area contributed by atoms with Crippen molar-refractivity contribution >= 4 is 27.5 Å². The summed E-state index contributed by atoms with van der Waals surface area (Å²) in [6, 6.07) is 9.61. The molecule has 0 spiro atoms. The van der Waals surface area contributed by atoms with Crippen molar-refractivity contribution in [3.8, 4) is 0 Å². The van der Waals surface area contributed by atoms with Crippen LogP contribution in [0.15, 0.2) is 70.7 Å². The van der Waals surface area contributed by atoms with Gasteiger partial charge in [-0.2, -0.15) is 0 Å². The van der Waals surface area contributed by atoms with Crippen LogP contribution in [0, 0.1) is 11.6 Å². The first-order valence-corrected chi connectivity index (χ1v) is 15.4. The van der Waals surface area contributed by atoms with E-state index in [1.54, 1.807) is 37.3 Å². The number of allylic oxidation sites excluding steroid dienone is 1. The minimum atomic E-state index is -4.47. The van der Waals surface area contributed by atoms with Crippen LogP contribution >= 0.6 is 0 Å². The highest BCUT2D eigenvalue weighted by molar-refractivity contribution is 7.89. The third-order valence-corrected chi connectivity index (χ3v) is 9.66. The molecule has 1 amide bonds. The largest absolute Gasteiger partial charge is 0.381 e. The summed E-state index contributed by atoms with van der Waals surface area (Å²) < 4.78 is 56.1. The van der Waals surface area contributed by atoms with Gasteiger partial charge in [-0.1, -0.05) is 24.8 Å². The van der Waals surface area contributed by atoms with E-state index in [1.807, 2.05) is 4.90 Å². The highest BCUT2D eigenvalue weighted by Crippen LogP contribution is 2.27. The number of carbonyl (C=O) groups excluding carboxylic acids is 1. The molecule has 2 aromatic rings. The SMILES string of the molecule is C=C1NCCN(S(=O)(=O)c2cc(F)ccc2F)C1=N/C(=C\C)c1ccc(C(=O)N2CCCC2CN2CCCC2)cc1. The van der Waals surface area contributed by atoms with Crippen LogP contribution in [-0.4, -0.2) is 79.6 Å². The van der Waals surface area contributed by atoms with Crippen LogP contribution in [-0.2, 0) is 10.0 Å². The summed E-state index contributed by atoms with van der Waals surface area (Å²) in [4.78, 5) is 21.6. The van der Waals surface area contributed by atoms with Crippen molar-refractivity contribution in [3.05, 3.63) is 83.6 Å². The van der Waals surface area contributed by atoms with Gasteiger partial charge >= 0.3 is 0 Å². The highest BCUT2D eigenvalue weighted by atomic mass is 32.2. The van der Waals surface area contributed by atoms with E-state index in [0.717, 1.165) is 55.5 Å². The van der Waals surface area contributed by atoms with Crippen molar-refractivity contribution < 1.29 is 22.0 Å². The van der Waals surface area contributed by atoms with E-state index < -0.39 is 26.6 Å². The van der Waals surface area contributed by atoms with E-state index >= 15 is 0 Å². The van der Waals surface area contributed by atoms with Crippen molar-refractivity contribution in [3.63, 3.8) is 0 Å². The predicted octanol–water partition coefficient (Wildman–Crippen LogP) is 4.23. The molecule has 3 aliphatic heterocycles. The minimum absolute atomic E-state index is 0.00540. The summed E-state index contributed by atoms with van der Waals surface area (Å²) in [6.07, 6.45) is 6.16. The Kier molecular flexibility index (Phi) is 8.55. The third-order valence-electron chi connectivity index (χ3n) is 7.85. The minimum Gasteiger partial charge on any atom is -0.381 e. The first-order chi connectivity index (χ1) is 19.7. The van der Waals surface area contributed by atoms with Gasteiger partial charge in [-0.05, 0) is 81.6 Å². The number of amidine groups is 1. The van der Waals surface area contributed by atoms with Crippen molar-refractivity contribution in [2.75, 3.05) is 39.3 Å². The number of nitrogens with one attached hydrogen (secondary N) is 1. The Bertz CT molecular complexity index is 1480. The number of hydrogen-bond donors (Lipinski definition) is 1. The van der Waals surface area contributed by atoms with Gasteiger partial charge in [0.1, 0.15) is 16.5 Å². The van der Waals surface area contributed by atoms with Gasteiger partial charge in [-0.15, -0.1) is 0 Å². The number of rotatable bonds is 7. The number of amides is 1. The molecule has 218 valence electrons. The van der Waals surface area contributed by atoms with E-state index in [2.05, 4.69) is 21.8 Å². The van der Waals surface area contributed by atoms with Gasteiger partial charge in [0.05, 0.1) is 17.9 Å². The zero-order valence-electron chi connectivity index (χ0n) is 23.2. The molecule has 3 saturated heterocycles. The zero-order chi connectivity index (χ0) is 29.1. The first-order valence-electron chi connectivity index (χ1n) is 14.0. The van der Waals surface area contributed by atoms with Gasteiger partial charge in [0, 0.05) is 31.2 Å². The van der Waals surface area contributed by atoms with Crippen LogP contribution < -0.4 is 5.32 Å². The number of benzene rings is 2. The Balaban J connectivity index is 1.38. The van der Waals surface area contributed by atoms with E-state index in [9.17, 15) is 22.0 Å². The lowest BCUT2D eigenvalue weighted by Crippen LogP contribution is -2.49. The lowest BCUT2D eigenvalue weighted by atomic mass is 10.1. The molecule has 3 fully saturated rings. The first kappa shape index (κ1) is 28.9. The molecule has 1 atom stereocenters. The average molecular weight is 584 g/mol. The number of aliphatic imine (C=N–C) groups is 1. The number of halogens is 2. The summed E-state index contributed by atoms with van der Waals surface area (Å²) in [5.74, 6) is -1.93. The van der Waals surface area contributed by atoms with E-state index in [0.29, 0.717) is 22.9 Å². The maximum absolute atomic E-state index is 14.5. The molecule has 5 rings (SSSR count). The van der Waals surface area contributed by atoms with Crippen molar-refractivity contribution in [1.29, 1.82) is 0 Å². The molecule has 1 unspecified atom stereocenters. The molecular formula is C30H35F2N5O3S. The Labute approximate surface area is 240 Å². The average Bonchev–Trinajstić information content (AvgIpc) is 3.66. The molecule has 3 heterocycles. The molecule has 41 heavy (non-hydrogen) atoms. The summed E-state index contributed by atoms with van der Waals surface area (Å²) in [6.45, 7) is 9.70. The van der Waals surface area contributed by atoms with Crippen LogP contribution in [0.3, 0.4) is 0 Å². The van der Waals surface area contributed by atoms with Crippen molar-refractivity contribution in [1.82, 2.24) is 19.4 Å². The van der Waals surface area contributed by atoms with E-state index in [-0.39, 0.29) is 36.6 Å². The second-order valence-electron chi connectivity index (χ2n) is 10.5. The maximum atomic E-state index is 14.5. The molecule has 0 bridgehead atoms. The Morgan fingerprint density at radius 3 is 2.46 bits per heavy atom. The summed E-state index contributed by atoms with van der Waals surface area (Å²) in [5, 5.41) is 3.00. The quantitative estimate of drug-likeness (QED) is 0.528. The Morgan fingerprint density at radius 2 is 1.76 bits per heavy atom. The molecule has 11 heteroatoms. The fraction of sp³-hybridized carbons (Fsp3) is 0.400. The van der Waals surface area contributed by atoms with Crippen molar-refractivity contribution in [2.24, 2.45) is 4.99 Å². The number of piperazine rings is 1. The van der Waals surface area contributed by atoms with Crippen LogP contribution in [0.4, 0.5) is 8.78 Å².